The van der Waals surface area contributed by atoms with Crippen LogP contribution in [0.25, 0.3) is 0 Å². The fourth-order valence-electron chi connectivity index (χ4n) is 1.33. The second-order valence-electron chi connectivity index (χ2n) is 3.54. The average Bonchev–Trinajstić information content (AvgIpc) is 2.31. The highest BCUT2D eigenvalue weighted by Crippen LogP contribution is 2.18. The fraction of sp³-hybridized carbons (Fsp3) is 0. The van der Waals surface area contributed by atoms with Crippen molar-refractivity contribution in [2.45, 2.75) is 4.90 Å². The Balaban J connectivity index is 2.41. The maximum atomic E-state index is 13.3. The van der Waals surface area contributed by atoms with Crippen LogP contribution in [0.5, 0.6) is 0 Å². The van der Waals surface area contributed by atoms with Crippen molar-refractivity contribution in [3.05, 3.63) is 54.0 Å². The Labute approximate surface area is 107 Å². The lowest BCUT2D eigenvalue weighted by Gasteiger charge is -2.08. The van der Waals surface area contributed by atoms with E-state index in [4.69, 9.17) is 0 Å². The van der Waals surface area contributed by atoms with Gasteiger partial charge in [0.1, 0.15) is 11.6 Å². The number of anilines is 1. The number of nitrogens with zero attached hydrogens (tertiary/aromatic N) is 1. The molecular formula is C11H7F3N2O2S. The van der Waals surface area contributed by atoms with Crippen molar-refractivity contribution in [2.24, 2.45) is 0 Å². The number of aromatic nitrogens is 1. The Morgan fingerprint density at radius 1 is 1.05 bits per heavy atom. The van der Waals surface area contributed by atoms with E-state index < -0.39 is 38.2 Å². The van der Waals surface area contributed by atoms with E-state index >= 15 is 0 Å². The number of pyridine rings is 1. The molecule has 2 rings (SSSR count). The van der Waals surface area contributed by atoms with Gasteiger partial charge in [-0.1, -0.05) is 0 Å². The van der Waals surface area contributed by atoms with Crippen LogP contribution in [0, 0.1) is 17.5 Å². The topological polar surface area (TPSA) is 59.1 Å². The first-order valence-corrected chi connectivity index (χ1v) is 6.46. The SMILES string of the molecule is O=S(=O)(Nc1ncccc1F)c1cc(F)cc(F)c1. The van der Waals surface area contributed by atoms with Gasteiger partial charge in [0.2, 0.25) is 0 Å². The largest absolute Gasteiger partial charge is 0.263 e. The Hall–Kier alpha value is -2.09. The molecule has 0 atom stereocenters. The van der Waals surface area contributed by atoms with Gasteiger partial charge in [-0.2, -0.15) is 0 Å². The second-order valence-corrected chi connectivity index (χ2v) is 5.23. The molecule has 0 saturated heterocycles. The van der Waals surface area contributed by atoms with Crippen LogP contribution in [-0.4, -0.2) is 13.4 Å². The van der Waals surface area contributed by atoms with E-state index in [2.05, 4.69) is 4.98 Å². The van der Waals surface area contributed by atoms with Crippen LogP contribution in [0.1, 0.15) is 0 Å². The minimum atomic E-state index is -4.31. The summed E-state index contributed by atoms with van der Waals surface area (Å²) in [5, 5.41) is 0. The Bertz CT molecular complexity index is 699. The van der Waals surface area contributed by atoms with Gasteiger partial charge in [0.25, 0.3) is 10.0 Å². The summed E-state index contributed by atoms with van der Waals surface area (Å²) < 4.78 is 64.6. The number of hydrogen-bond acceptors (Lipinski definition) is 3. The van der Waals surface area contributed by atoms with E-state index in [0.717, 1.165) is 6.07 Å². The van der Waals surface area contributed by atoms with Crippen LogP contribution >= 0.6 is 0 Å². The zero-order chi connectivity index (χ0) is 14.0. The number of benzene rings is 1. The lowest BCUT2D eigenvalue weighted by atomic mass is 10.3. The molecule has 0 spiro atoms. The van der Waals surface area contributed by atoms with E-state index in [0.29, 0.717) is 18.2 Å². The first-order chi connectivity index (χ1) is 8.88. The van der Waals surface area contributed by atoms with Crippen molar-refractivity contribution < 1.29 is 21.6 Å². The molecular weight excluding hydrogens is 281 g/mol. The van der Waals surface area contributed by atoms with Gasteiger partial charge in [-0.25, -0.2) is 26.6 Å². The van der Waals surface area contributed by atoms with Gasteiger partial charge >= 0.3 is 0 Å². The molecule has 0 aliphatic carbocycles. The molecule has 8 heteroatoms. The summed E-state index contributed by atoms with van der Waals surface area (Å²) in [5.41, 5.74) is 0. The van der Waals surface area contributed by atoms with Gasteiger partial charge in [-0.3, -0.25) is 4.72 Å². The molecule has 1 heterocycles. The maximum Gasteiger partial charge on any atom is 0.263 e. The quantitative estimate of drug-likeness (QED) is 0.942. The van der Waals surface area contributed by atoms with Crippen molar-refractivity contribution in [3.63, 3.8) is 0 Å². The molecule has 0 aliphatic rings. The van der Waals surface area contributed by atoms with E-state index in [9.17, 15) is 21.6 Å². The molecule has 1 aromatic carbocycles. The molecule has 0 saturated carbocycles. The molecule has 1 N–H and O–H groups in total. The standard InChI is InChI=1S/C11H7F3N2O2S/c12-7-4-8(13)6-9(5-7)19(17,18)16-11-10(14)2-1-3-15-11/h1-6H,(H,15,16). The summed E-state index contributed by atoms with van der Waals surface area (Å²) in [6.45, 7) is 0. The van der Waals surface area contributed by atoms with Crippen LogP contribution in [0.3, 0.4) is 0 Å². The van der Waals surface area contributed by atoms with Crippen molar-refractivity contribution in [3.8, 4) is 0 Å². The Morgan fingerprint density at radius 2 is 1.68 bits per heavy atom. The fourth-order valence-corrected chi connectivity index (χ4v) is 2.39. The normalized spacial score (nSPS) is 11.3. The van der Waals surface area contributed by atoms with Gasteiger partial charge in [0, 0.05) is 12.3 Å². The van der Waals surface area contributed by atoms with Crippen molar-refractivity contribution >= 4 is 15.8 Å². The van der Waals surface area contributed by atoms with Gasteiger partial charge < -0.3 is 0 Å². The smallest absolute Gasteiger partial charge is 0.261 e. The molecule has 0 fully saturated rings. The summed E-state index contributed by atoms with van der Waals surface area (Å²) in [7, 11) is -4.31. The molecule has 0 unspecified atom stereocenters. The monoisotopic (exact) mass is 288 g/mol. The summed E-state index contributed by atoms with van der Waals surface area (Å²) in [6, 6.07) is 4.03. The molecule has 19 heavy (non-hydrogen) atoms. The van der Waals surface area contributed by atoms with E-state index in [-0.39, 0.29) is 0 Å². The Kier molecular flexibility index (Phi) is 3.43. The van der Waals surface area contributed by atoms with Gasteiger partial charge in [-0.15, -0.1) is 0 Å². The zero-order valence-corrected chi connectivity index (χ0v) is 10.1. The van der Waals surface area contributed by atoms with E-state index in [1.807, 2.05) is 4.72 Å². The predicted octanol–water partition coefficient (Wildman–Crippen LogP) is 2.30. The molecule has 0 aliphatic heterocycles. The number of sulfonamides is 1. The molecule has 0 amide bonds. The highest BCUT2D eigenvalue weighted by Gasteiger charge is 2.18. The summed E-state index contributed by atoms with van der Waals surface area (Å²) in [4.78, 5) is 2.82. The van der Waals surface area contributed by atoms with Crippen molar-refractivity contribution in [2.75, 3.05) is 4.72 Å². The minimum Gasteiger partial charge on any atom is -0.261 e. The number of halogens is 3. The number of hydrogen-bond donors (Lipinski definition) is 1. The highest BCUT2D eigenvalue weighted by molar-refractivity contribution is 7.92. The molecule has 1 aromatic heterocycles. The zero-order valence-electron chi connectivity index (χ0n) is 9.27. The molecule has 2 aromatic rings. The van der Waals surface area contributed by atoms with E-state index in [1.165, 1.54) is 12.3 Å². The Morgan fingerprint density at radius 3 is 2.26 bits per heavy atom. The first-order valence-electron chi connectivity index (χ1n) is 4.98. The second kappa shape index (κ2) is 4.88. The third-order valence-corrected chi connectivity index (χ3v) is 3.45. The van der Waals surface area contributed by atoms with Gasteiger partial charge in [0.15, 0.2) is 11.6 Å². The molecule has 100 valence electrons. The average molecular weight is 288 g/mol. The lowest BCUT2D eigenvalue weighted by Crippen LogP contribution is -2.15. The van der Waals surface area contributed by atoms with Gasteiger partial charge in [-0.05, 0) is 24.3 Å². The third-order valence-electron chi connectivity index (χ3n) is 2.14. The molecule has 4 nitrogen and oxygen atoms in total. The lowest BCUT2D eigenvalue weighted by molar-refractivity contribution is 0.568. The number of nitrogens with one attached hydrogen (secondary N) is 1. The van der Waals surface area contributed by atoms with Crippen LogP contribution in [-0.2, 0) is 10.0 Å². The van der Waals surface area contributed by atoms with E-state index in [1.54, 1.807) is 0 Å². The first kappa shape index (κ1) is 13.3. The van der Waals surface area contributed by atoms with Crippen LogP contribution in [0.2, 0.25) is 0 Å². The summed E-state index contributed by atoms with van der Waals surface area (Å²) in [5.74, 6) is -3.56. The highest BCUT2D eigenvalue weighted by atomic mass is 32.2. The number of rotatable bonds is 3. The van der Waals surface area contributed by atoms with Crippen molar-refractivity contribution in [1.82, 2.24) is 4.98 Å². The maximum absolute atomic E-state index is 13.3. The van der Waals surface area contributed by atoms with Crippen LogP contribution < -0.4 is 4.72 Å². The third kappa shape index (κ3) is 3.02. The molecule has 0 bridgehead atoms. The summed E-state index contributed by atoms with van der Waals surface area (Å²) >= 11 is 0. The predicted molar refractivity (Wildman–Crippen MR) is 61.4 cm³/mol. The summed E-state index contributed by atoms with van der Waals surface area (Å²) in [6.07, 6.45) is 1.17. The minimum absolute atomic E-state index is 0.528. The van der Waals surface area contributed by atoms with Crippen LogP contribution in [0.15, 0.2) is 41.4 Å². The van der Waals surface area contributed by atoms with Gasteiger partial charge in [0.05, 0.1) is 4.90 Å². The van der Waals surface area contributed by atoms with Crippen LogP contribution in [0.4, 0.5) is 19.0 Å². The van der Waals surface area contributed by atoms with Crippen molar-refractivity contribution in [1.29, 1.82) is 0 Å². The molecule has 0 radical (unpaired) electrons.